The average Bonchev–Trinajstić information content (AvgIpc) is 3.00. The molecule has 2 unspecified atom stereocenters. The zero-order chi connectivity index (χ0) is 15.9. The molecule has 8 heteroatoms. The Morgan fingerprint density at radius 3 is 2.82 bits per heavy atom. The van der Waals surface area contributed by atoms with Crippen LogP contribution >= 0.6 is 0 Å². The topological polar surface area (TPSA) is 58.4 Å². The molecular weight excluding hydrogens is 299 g/mol. The lowest BCUT2D eigenvalue weighted by molar-refractivity contribution is -0.176. The van der Waals surface area contributed by atoms with Crippen LogP contribution in [-0.2, 0) is 0 Å². The molecule has 1 saturated carbocycles. The van der Waals surface area contributed by atoms with Crippen molar-refractivity contribution in [1.82, 2.24) is 15.4 Å². The molecule has 2 atom stereocenters. The Morgan fingerprint density at radius 2 is 2.18 bits per heavy atom. The molecule has 1 aliphatic heterocycles. The standard InChI is InChI=1S/C14H18F3N3O2/c1-8(14(15,16)17)20-5-4-10(7-20)18-13(21)11-6-12(22-19-11)9-2-3-9/h6,8-10H,2-5,7H2,1H3,(H,18,21). The minimum atomic E-state index is -4.25. The van der Waals surface area contributed by atoms with Gasteiger partial charge in [-0.15, -0.1) is 0 Å². The zero-order valence-electron chi connectivity index (χ0n) is 12.2. The van der Waals surface area contributed by atoms with Gasteiger partial charge in [-0.2, -0.15) is 13.2 Å². The summed E-state index contributed by atoms with van der Waals surface area (Å²) in [5.41, 5.74) is 0.198. The van der Waals surface area contributed by atoms with Crippen LogP contribution in [-0.4, -0.2) is 47.3 Å². The predicted molar refractivity (Wildman–Crippen MR) is 71.4 cm³/mol. The molecule has 3 rings (SSSR count). The highest BCUT2D eigenvalue weighted by Crippen LogP contribution is 2.40. The molecule has 2 heterocycles. The van der Waals surface area contributed by atoms with Gasteiger partial charge in [0, 0.05) is 31.1 Å². The Bertz CT molecular complexity index is 554. The Kier molecular flexibility index (Phi) is 3.88. The third-order valence-electron chi connectivity index (χ3n) is 4.32. The summed E-state index contributed by atoms with van der Waals surface area (Å²) in [4.78, 5) is 13.4. The molecule has 1 aromatic heterocycles. The predicted octanol–water partition coefficient (Wildman–Crippen LogP) is 2.31. The number of nitrogens with zero attached hydrogens (tertiary/aromatic N) is 2. The molecule has 0 spiro atoms. The van der Waals surface area contributed by atoms with E-state index < -0.39 is 12.2 Å². The number of carbonyl (C=O) groups is 1. The summed E-state index contributed by atoms with van der Waals surface area (Å²) >= 11 is 0. The van der Waals surface area contributed by atoms with E-state index in [1.165, 1.54) is 4.90 Å². The van der Waals surface area contributed by atoms with E-state index in [1.54, 1.807) is 6.07 Å². The first kappa shape index (κ1) is 15.3. The van der Waals surface area contributed by atoms with Gasteiger partial charge in [0.2, 0.25) is 0 Å². The normalized spacial score (nSPS) is 24.5. The maximum absolute atomic E-state index is 12.7. The van der Waals surface area contributed by atoms with Gasteiger partial charge in [0.05, 0.1) is 0 Å². The van der Waals surface area contributed by atoms with E-state index >= 15 is 0 Å². The maximum atomic E-state index is 12.7. The lowest BCUT2D eigenvalue weighted by Crippen LogP contribution is -2.44. The monoisotopic (exact) mass is 317 g/mol. The first-order valence-electron chi connectivity index (χ1n) is 7.43. The smallest absolute Gasteiger partial charge is 0.360 e. The zero-order valence-corrected chi connectivity index (χ0v) is 12.2. The maximum Gasteiger partial charge on any atom is 0.403 e. The summed E-state index contributed by atoms with van der Waals surface area (Å²) in [6.45, 7) is 1.65. The quantitative estimate of drug-likeness (QED) is 0.926. The van der Waals surface area contributed by atoms with E-state index in [1.807, 2.05) is 0 Å². The van der Waals surface area contributed by atoms with Crippen LogP contribution < -0.4 is 5.32 Å². The van der Waals surface area contributed by atoms with Crippen molar-refractivity contribution in [2.75, 3.05) is 13.1 Å². The number of aromatic nitrogens is 1. The fraction of sp³-hybridized carbons (Fsp3) is 0.714. The number of nitrogens with one attached hydrogen (secondary N) is 1. The largest absolute Gasteiger partial charge is 0.403 e. The molecule has 0 radical (unpaired) electrons. The number of carbonyl (C=O) groups excluding carboxylic acids is 1. The van der Waals surface area contributed by atoms with Gasteiger partial charge >= 0.3 is 6.18 Å². The molecule has 122 valence electrons. The minimum absolute atomic E-state index is 0.194. The van der Waals surface area contributed by atoms with Crippen molar-refractivity contribution in [1.29, 1.82) is 0 Å². The lowest BCUT2D eigenvalue weighted by Gasteiger charge is -2.26. The fourth-order valence-corrected chi connectivity index (χ4v) is 2.68. The van der Waals surface area contributed by atoms with E-state index in [0.717, 1.165) is 19.8 Å². The molecule has 2 aliphatic rings. The number of hydrogen-bond donors (Lipinski definition) is 1. The van der Waals surface area contributed by atoms with Gasteiger partial charge in [-0.05, 0) is 26.2 Å². The molecule has 0 aromatic carbocycles. The van der Waals surface area contributed by atoms with Crippen molar-refractivity contribution >= 4 is 5.91 Å². The van der Waals surface area contributed by atoms with Crippen LogP contribution in [0.2, 0.25) is 0 Å². The van der Waals surface area contributed by atoms with E-state index in [9.17, 15) is 18.0 Å². The number of halogens is 3. The van der Waals surface area contributed by atoms with Crippen molar-refractivity contribution in [2.24, 2.45) is 0 Å². The minimum Gasteiger partial charge on any atom is -0.360 e. The molecule has 22 heavy (non-hydrogen) atoms. The van der Waals surface area contributed by atoms with Crippen LogP contribution in [0, 0.1) is 0 Å². The molecule has 2 fully saturated rings. The van der Waals surface area contributed by atoms with Crippen LogP contribution in [0.3, 0.4) is 0 Å². The number of rotatable bonds is 4. The van der Waals surface area contributed by atoms with Gasteiger partial charge in [-0.3, -0.25) is 9.69 Å². The summed E-state index contributed by atoms with van der Waals surface area (Å²) in [7, 11) is 0. The Morgan fingerprint density at radius 1 is 1.45 bits per heavy atom. The van der Waals surface area contributed by atoms with Crippen molar-refractivity contribution in [3.05, 3.63) is 17.5 Å². The highest BCUT2D eigenvalue weighted by Gasteiger charge is 2.42. The number of hydrogen-bond acceptors (Lipinski definition) is 4. The van der Waals surface area contributed by atoms with Gasteiger partial charge < -0.3 is 9.84 Å². The van der Waals surface area contributed by atoms with Gasteiger partial charge in [-0.1, -0.05) is 5.16 Å². The summed E-state index contributed by atoms with van der Waals surface area (Å²) < 4.78 is 43.2. The molecular formula is C14H18F3N3O2. The lowest BCUT2D eigenvalue weighted by atomic mass is 10.2. The van der Waals surface area contributed by atoms with E-state index in [-0.39, 0.29) is 24.2 Å². The SMILES string of the molecule is CC(N1CCC(NC(=O)c2cc(C3CC3)on2)C1)C(F)(F)F. The summed E-state index contributed by atoms with van der Waals surface area (Å²) in [6.07, 6.45) is -1.66. The highest BCUT2D eigenvalue weighted by atomic mass is 19.4. The van der Waals surface area contributed by atoms with Crippen molar-refractivity contribution in [3.8, 4) is 0 Å². The summed E-state index contributed by atoms with van der Waals surface area (Å²) in [5.74, 6) is 0.690. The number of alkyl halides is 3. The highest BCUT2D eigenvalue weighted by molar-refractivity contribution is 5.92. The van der Waals surface area contributed by atoms with Crippen molar-refractivity contribution in [2.45, 2.75) is 50.4 Å². The molecule has 1 aliphatic carbocycles. The first-order chi connectivity index (χ1) is 10.3. The molecule has 1 amide bonds. The second-order valence-corrected chi connectivity index (χ2v) is 6.06. The summed E-state index contributed by atoms with van der Waals surface area (Å²) in [5, 5.41) is 6.47. The molecule has 1 aromatic rings. The third-order valence-corrected chi connectivity index (χ3v) is 4.32. The Hall–Kier alpha value is -1.57. The van der Waals surface area contributed by atoms with Crippen LogP contribution in [0.15, 0.2) is 10.6 Å². The Balaban J connectivity index is 1.54. The van der Waals surface area contributed by atoms with Crippen LogP contribution in [0.1, 0.15) is 48.4 Å². The molecule has 1 N–H and O–H groups in total. The summed E-state index contributed by atoms with van der Waals surface area (Å²) in [6, 6.07) is -0.167. The van der Waals surface area contributed by atoms with E-state index in [0.29, 0.717) is 24.6 Å². The molecule has 1 saturated heterocycles. The van der Waals surface area contributed by atoms with Gasteiger partial charge in [0.15, 0.2) is 5.69 Å². The number of amides is 1. The Labute approximate surface area is 125 Å². The van der Waals surface area contributed by atoms with Crippen molar-refractivity contribution in [3.63, 3.8) is 0 Å². The number of likely N-dealkylation sites (tertiary alicyclic amines) is 1. The van der Waals surface area contributed by atoms with Gasteiger partial charge in [-0.25, -0.2) is 0 Å². The van der Waals surface area contributed by atoms with Gasteiger partial charge in [0.1, 0.15) is 11.8 Å². The fourth-order valence-electron chi connectivity index (χ4n) is 2.68. The van der Waals surface area contributed by atoms with Crippen molar-refractivity contribution < 1.29 is 22.5 Å². The first-order valence-corrected chi connectivity index (χ1v) is 7.43. The van der Waals surface area contributed by atoms with Crippen LogP contribution in [0.4, 0.5) is 13.2 Å². The van der Waals surface area contributed by atoms with E-state index in [2.05, 4.69) is 10.5 Å². The van der Waals surface area contributed by atoms with Crippen LogP contribution in [0.25, 0.3) is 0 Å². The van der Waals surface area contributed by atoms with Gasteiger partial charge in [0.25, 0.3) is 5.91 Å². The van der Waals surface area contributed by atoms with E-state index in [4.69, 9.17) is 4.52 Å². The second kappa shape index (κ2) is 5.57. The van der Waals surface area contributed by atoms with Crippen LogP contribution in [0.5, 0.6) is 0 Å². The molecule has 5 nitrogen and oxygen atoms in total. The second-order valence-electron chi connectivity index (χ2n) is 6.06. The third kappa shape index (κ3) is 3.26. The molecule has 0 bridgehead atoms. The average molecular weight is 317 g/mol.